The summed E-state index contributed by atoms with van der Waals surface area (Å²) < 4.78 is 31.9. The van der Waals surface area contributed by atoms with Crippen LogP contribution in [-0.2, 0) is 15.1 Å². The predicted molar refractivity (Wildman–Crippen MR) is 80.9 cm³/mol. The van der Waals surface area contributed by atoms with Crippen molar-refractivity contribution in [3.63, 3.8) is 0 Å². The quantitative estimate of drug-likeness (QED) is 0.731. The van der Waals surface area contributed by atoms with Crippen LogP contribution in [0.25, 0.3) is 17.3 Å². The lowest BCUT2D eigenvalue weighted by Gasteiger charge is -2.20. The number of benzene rings is 1. The van der Waals surface area contributed by atoms with Gasteiger partial charge in [-0.3, -0.25) is 0 Å². The van der Waals surface area contributed by atoms with Gasteiger partial charge in [-0.25, -0.2) is 9.07 Å². The third-order valence-electron chi connectivity index (χ3n) is 4.10. The van der Waals surface area contributed by atoms with E-state index >= 15 is 0 Å². The summed E-state index contributed by atoms with van der Waals surface area (Å²) in [7, 11) is 1.59. The number of hydrogen-bond acceptors (Lipinski definition) is 6. The molecule has 1 aliphatic heterocycles. The molecule has 0 saturated carbocycles. The van der Waals surface area contributed by atoms with Crippen LogP contribution in [0, 0.1) is 5.82 Å². The van der Waals surface area contributed by atoms with Gasteiger partial charge < -0.3 is 13.9 Å². The van der Waals surface area contributed by atoms with E-state index in [2.05, 4.69) is 15.3 Å². The average molecular weight is 330 g/mol. The topological polar surface area (TPSA) is 75.2 Å². The number of ether oxygens (including phenoxy) is 2. The van der Waals surface area contributed by atoms with Gasteiger partial charge in [-0.2, -0.15) is 5.10 Å². The number of halogens is 1. The van der Waals surface area contributed by atoms with Crippen LogP contribution in [0.1, 0.15) is 12.3 Å². The number of rotatable bonds is 4. The zero-order chi connectivity index (χ0) is 16.6. The molecule has 0 amide bonds. The smallest absolute Gasteiger partial charge is 0.268 e. The number of aromatic nitrogens is 4. The molecule has 0 spiro atoms. The van der Waals surface area contributed by atoms with Gasteiger partial charge in [0, 0.05) is 19.7 Å². The second-order valence-electron chi connectivity index (χ2n) is 5.51. The Morgan fingerprint density at radius 2 is 2.12 bits per heavy atom. The molecule has 1 atom stereocenters. The minimum Gasteiger partial charge on any atom is -0.416 e. The largest absolute Gasteiger partial charge is 0.416 e. The van der Waals surface area contributed by atoms with E-state index in [0.29, 0.717) is 36.9 Å². The molecular weight excluding hydrogens is 315 g/mol. The van der Waals surface area contributed by atoms with Crippen molar-refractivity contribution in [3.05, 3.63) is 48.2 Å². The molecular formula is C16H15FN4O3. The predicted octanol–water partition coefficient (Wildman–Crippen LogP) is 2.32. The number of para-hydroxylation sites is 1. The molecule has 0 aliphatic carbocycles. The number of methoxy groups -OCH3 is 1. The van der Waals surface area contributed by atoms with Crippen molar-refractivity contribution in [2.75, 3.05) is 20.3 Å². The van der Waals surface area contributed by atoms with Crippen LogP contribution in [0.3, 0.4) is 0 Å². The van der Waals surface area contributed by atoms with Crippen LogP contribution in [0.4, 0.5) is 4.39 Å². The second kappa shape index (κ2) is 5.81. The summed E-state index contributed by atoms with van der Waals surface area (Å²) in [6.07, 6.45) is 2.29. The van der Waals surface area contributed by atoms with E-state index < -0.39 is 5.60 Å². The van der Waals surface area contributed by atoms with Crippen molar-refractivity contribution in [2.24, 2.45) is 0 Å². The Bertz CT molecular complexity index is 854. The summed E-state index contributed by atoms with van der Waals surface area (Å²) in [6.45, 7) is 0.947. The van der Waals surface area contributed by atoms with Gasteiger partial charge in [0.1, 0.15) is 17.2 Å². The zero-order valence-electron chi connectivity index (χ0n) is 13.0. The average Bonchev–Trinajstić information content (AvgIpc) is 3.34. The van der Waals surface area contributed by atoms with E-state index in [4.69, 9.17) is 13.9 Å². The molecule has 0 N–H and O–H groups in total. The molecule has 1 saturated heterocycles. The molecule has 1 fully saturated rings. The second-order valence-corrected chi connectivity index (χ2v) is 5.51. The number of nitrogens with zero attached hydrogens (tertiary/aromatic N) is 4. The van der Waals surface area contributed by atoms with Gasteiger partial charge in [-0.15, -0.1) is 10.2 Å². The minimum atomic E-state index is -0.709. The Morgan fingerprint density at radius 3 is 2.88 bits per heavy atom. The minimum absolute atomic E-state index is 0.253. The molecule has 8 heteroatoms. The Morgan fingerprint density at radius 1 is 1.25 bits per heavy atom. The van der Waals surface area contributed by atoms with Crippen LogP contribution in [0.2, 0.25) is 0 Å². The molecule has 4 rings (SSSR count). The molecule has 1 unspecified atom stereocenters. The van der Waals surface area contributed by atoms with Gasteiger partial charge in [0.25, 0.3) is 11.8 Å². The van der Waals surface area contributed by atoms with E-state index in [0.717, 1.165) is 0 Å². The lowest BCUT2D eigenvalue weighted by Crippen LogP contribution is -2.29. The molecule has 2 aromatic heterocycles. The first kappa shape index (κ1) is 15.0. The summed E-state index contributed by atoms with van der Waals surface area (Å²) in [5.74, 6) is 0.251. The van der Waals surface area contributed by atoms with Crippen molar-refractivity contribution < 1.29 is 18.3 Å². The van der Waals surface area contributed by atoms with Gasteiger partial charge in [0.15, 0.2) is 5.60 Å². The lowest BCUT2D eigenvalue weighted by molar-refractivity contribution is -0.0407. The third kappa shape index (κ3) is 2.40. The SMILES string of the molecule is COC1(c2nnc(-c3ccn(-c4ccccc4F)n3)o2)CCOC1. The summed E-state index contributed by atoms with van der Waals surface area (Å²) in [5.41, 5.74) is 0.0996. The normalized spacial score (nSPS) is 20.6. The van der Waals surface area contributed by atoms with Crippen LogP contribution in [0.15, 0.2) is 40.9 Å². The highest BCUT2D eigenvalue weighted by Crippen LogP contribution is 2.34. The highest BCUT2D eigenvalue weighted by atomic mass is 19.1. The van der Waals surface area contributed by atoms with E-state index in [1.807, 2.05) is 0 Å². The Labute approximate surface area is 137 Å². The van der Waals surface area contributed by atoms with Gasteiger partial charge in [0.05, 0.1) is 13.2 Å². The Balaban J connectivity index is 1.65. The monoisotopic (exact) mass is 330 g/mol. The molecule has 3 aromatic rings. The number of hydrogen-bond donors (Lipinski definition) is 0. The van der Waals surface area contributed by atoms with E-state index in [1.54, 1.807) is 37.6 Å². The van der Waals surface area contributed by atoms with Gasteiger partial charge in [-0.05, 0) is 18.2 Å². The Kier molecular flexibility index (Phi) is 3.62. The molecule has 0 radical (unpaired) electrons. The fourth-order valence-corrected chi connectivity index (χ4v) is 2.68. The summed E-state index contributed by atoms with van der Waals surface area (Å²) in [4.78, 5) is 0. The molecule has 3 heterocycles. The van der Waals surface area contributed by atoms with Crippen LogP contribution in [0.5, 0.6) is 0 Å². The van der Waals surface area contributed by atoms with E-state index in [9.17, 15) is 4.39 Å². The molecule has 7 nitrogen and oxygen atoms in total. The molecule has 0 bridgehead atoms. The van der Waals surface area contributed by atoms with Crippen molar-refractivity contribution >= 4 is 0 Å². The van der Waals surface area contributed by atoms with Crippen molar-refractivity contribution in [1.82, 2.24) is 20.0 Å². The molecule has 124 valence electrons. The van der Waals surface area contributed by atoms with Crippen LogP contribution < -0.4 is 0 Å². The fraction of sp³-hybridized carbons (Fsp3) is 0.312. The first-order chi connectivity index (χ1) is 11.7. The molecule has 1 aromatic carbocycles. The maximum atomic E-state index is 13.8. The van der Waals surface area contributed by atoms with E-state index in [-0.39, 0.29) is 11.7 Å². The molecule has 1 aliphatic rings. The van der Waals surface area contributed by atoms with Gasteiger partial charge in [0.2, 0.25) is 0 Å². The maximum absolute atomic E-state index is 13.8. The summed E-state index contributed by atoms with van der Waals surface area (Å²) >= 11 is 0. The van der Waals surface area contributed by atoms with Crippen LogP contribution >= 0.6 is 0 Å². The summed E-state index contributed by atoms with van der Waals surface area (Å²) in [6, 6.07) is 8.08. The molecule has 24 heavy (non-hydrogen) atoms. The summed E-state index contributed by atoms with van der Waals surface area (Å²) in [5, 5.41) is 12.4. The van der Waals surface area contributed by atoms with Gasteiger partial charge >= 0.3 is 0 Å². The first-order valence-corrected chi connectivity index (χ1v) is 7.50. The van der Waals surface area contributed by atoms with E-state index in [1.165, 1.54) is 10.7 Å². The van der Waals surface area contributed by atoms with Crippen LogP contribution in [-0.4, -0.2) is 40.3 Å². The highest BCUT2D eigenvalue weighted by Gasteiger charge is 2.42. The fourth-order valence-electron chi connectivity index (χ4n) is 2.68. The maximum Gasteiger partial charge on any atom is 0.268 e. The zero-order valence-corrected chi connectivity index (χ0v) is 13.0. The van der Waals surface area contributed by atoms with Crippen molar-refractivity contribution in [1.29, 1.82) is 0 Å². The standard InChI is InChI=1S/C16H15FN4O3/c1-22-16(7-9-23-10-16)15-19-18-14(24-15)12-6-8-21(20-12)13-5-3-2-4-11(13)17/h2-6,8H,7,9-10H2,1H3. The van der Waals surface area contributed by atoms with Crippen molar-refractivity contribution in [2.45, 2.75) is 12.0 Å². The third-order valence-corrected chi connectivity index (χ3v) is 4.10. The van der Waals surface area contributed by atoms with Crippen molar-refractivity contribution in [3.8, 4) is 17.3 Å². The Hall–Kier alpha value is -2.58. The lowest BCUT2D eigenvalue weighted by atomic mass is 10.0. The first-order valence-electron chi connectivity index (χ1n) is 7.50. The van der Waals surface area contributed by atoms with Gasteiger partial charge in [-0.1, -0.05) is 12.1 Å². The highest BCUT2D eigenvalue weighted by molar-refractivity contribution is 5.46.